The van der Waals surface area contributed by atoms with E-state index >= 15 is 0 Å². The van der Waals surface area contributed by atoms with E-state index in [2.05, 4.69) is 10.6 Å². The van der Waals surface area contributed by atoms with E-state index in [0.717, 1.165) is 6.42 Å². The Labute approximate surface area is 127 Å². The van der Waals surface area contributed by atoms with E-state index in [9.17, 15) is 9.59 Å². The molecule has 0 spiro atoms. The number of carboxylic acid groups (broad SMARTS) is 1. The van der Waals surface area contributed by atoms with Crippen molar-refractivity contribution in [2.75, 3.05) is 5.32 Å². The summed E-state index contributed by atoms with van der Waals surface area (Å²) in [5.41, 5.74) is 0.257. The zero-order valence-corrected chi connectivity index (χ0v) is 12.5. The molecule has 0 saturated carbocycles. The van der Waals surface area contributed by atoms with Gasteiger partial charge in [-0.25, -0.2) is 9.59 Å². The second-order valence-electron chi connectivity index (χ2n) is 4.23. The number of unbranched alkanes of at least 4 members (excludes halogenated alkanes) is 1. The van der Waals surface area contributed by atoms with Crippen LogP contribution in [-0.2, 0) is 4.79 Å². The zero-order chi connectivity index (χ0) is 15.1. The first-order valence-corrected chi connectivity index (χ1v) is 6.95. The van der Waals surface area contributed by atoms with Crippen molar-refractivity contribution in [3.8, 4) is 0 Å². The Hall–Kier alpha value is -1.46. The summed E-state index contributed by atoms with van der Waals surface area (Å²) in [6.07, 6.45) is 1.93. The highest BCUT2D eigenvalue weighted by Crippen LogP contribution is 2.29. The van der Waals surface area contributed by atoms with Gasteiger partial charge < -0.3 is 15.7 Å². The summed E-state index contributed by atoms with van der Waals surface area (Å²) >= 11 is 11.8. The predicted molar refractivity (Wildman–Crippen MR) is 79.6 cm³/mol. The molecule has 1 aromatic rings. The number of halogens is 2. The topological polar surface area (TPSA) is 78.4 Å². The number of urea groups is 1. The number of hydrogen-bond acceptors (Lipinski definition) is 2. The van der Waals surface area contributed by atoms with E-state index in [4.69, 9.17) is 28.3 Å². The van der Waals surface area contributed by atoms with Crippen LogP contribution in [-0.4, -0.2) is 23.1 Å². The van der Waals surface area contributed by atoms with Crippen LogP contribution >= 0.6 is 23.2 Å². The molecule has 2 amide bonds. The highest BCUT2D eigenvalue weighted by atomic mass is 35.5. The maximum absolute atomic E-state index is 11.8. The number of para-hydroxylation sites is 1. The Kier molecular flexibility index (Phi) is 6.61. The molecule has 0 aromatic heterocycles. The SMILES string of the molecule is CCCC[C@H](NC(=O)Nc1c(Cl)cccc1Cl)C(=O)O. The molecule has 0 heterocycles. The third kappa shape index (κ3) is 4.90. The van der Waals surface area contributed by atoms with Crippen LogP contribution in [0.1, 0.15) is 26.2 Å². The van der Waals surface area contributed by atoms with Crippen molar-refractivity contribution in [2.24, 2.45) is 0 Å². The highest BCUT2D eigenvalue weighted by molar-refractivity contribution is 6.39. The molecule has 1 rings (SSSR count). The summed E-state index contributed by atoms with van der Waals surface area (Å²) in [4.78, 5) is 22.8. The lowest BCUT2D eigenvalue weighted by molar-refractivity contribution is -0.139. The van der Waals surface area contributed by atoms with Gasteiger partial charge in [-0.3, -0.25) is 0 Å². The summed E-state index contributed by atoms with van der Waals surface area (Å²) in [7, 11) is 0. The maximum Gasteiger partial charge on any atom is 0.326 e. The number of benzene rings is 1. The minimum absolute atomic E-state index is 0.257. The number of aliphatic carboxylic acids is 1. The van der Waals surface area contributed by atoms with Crippen molar-refractivity contribution < 1.29 is 14.7 Å². The van der Waals surface area contributed by atoms with Crippen molar-refractivity contribution in [1.82, 2.24) is 5.32 Å². The van der Waals surface area contributed by atoms with Gasteiger partial charge in [-0.2, -0.15) is 0 Å². The normalized spacial score (nSPS) is 11.8. The molecular formula is C13H16Cl2N2O3. The van der Waals surface area contributed by atoms with Crippen molar-refractivity contribution in [2.45, 2.75) is 32.2 Å². The van der Waals surface area contributed by atoms with Gasteiger partial charge in [0.2, 0.25) is 0 Å². The first-order chi connectivity index (χ1) is 9.45. The molecular weight excluding hydrogens is 303 g/mol. The molecule has 20 heavy (non-hydrogen) atoms. The van der Waals surface area contributed by atoms with Crippen molar-refractivity contribution in [1.29, 1.82) is 0 Å². The molecule has 0 aliphatic heterocycles. The number of carboxylic acids is 1. The molecule has 5 nitrogen and oxygen atoms in total. The molecule has 0 aliphatic carbocycles. The number of hydrogen-bond donors (Lipinski definition) is 3. The average Bonchev–Trinajstić information content (AvgIpc) is 2.38. The molecule has 3 N–H and O–H groups in total. The van der Waals surface area contributed by atoms with E-state index in [1.807, 2.05) is 6.92 Å². The van der Waals surface area contributed by atoms with Gasteiger partial charge in [-0.1, -0.05) is 49.0 Å². The van der Waals surface area contributed by atoms with Crippen LogP contribution in [0, 0.1) is 0 Å². The molecule has 0 saturated heterocycles. The summed E-state index contributed by atoms with van der Waals surface area (Å²) in [5, 5.41) is 14.5. The van der Waals surface area contributed by atoms with Gasteiger partial charge in [0, 0.05) is 0 Å². The van der Waals surface area contributed by atoms with E-state index in [1.165, 1.54) is 0 Å². The fraction of sp³-hybridized carbons (Fsp3) is 0.385. The Morgan fingerprint density at radius 1 is 1.30 bits per heavy atom. The lowest BCUT2D eigenvalue weighted by Crippen LogP contribution is -2.43. The van der Waals surface area contributed by atoms with Crippen LogP contribution in [0.4, 0.5) is 10.5 Å². The molecule has 0 bridgehead atoms. The Balaban J connectivity index is 2.68. The lowest BCUT2D eigenvalue weighted by Gasteiger charge is -2.15. The van der Waals surface area contributed by atoms with Gasteiger partial charge in [-0.15, -0.1) is 0 Å². The standard InChI is InChI=1S/C13H16Cl2N2O3/c1-2-3-7-10(12(18)19)16-13(20)17-11-8(14)5-4-6-9(11)15/h4-6,10H,2-3,7H2,1H3,(H,18,19)(H2,16,17,20)/t10-/m0/s1. The number of carbonyl (C=O) groups excluding carboxylic acids is 1. The van der Waals surface area contributed by atoms with Crippen LogP contribution in [0.5, 0.6) is 0 Å². The first kappa shape index (κ1) is 16.6. The minimum Gasteiger partial charge on any atom is -0.480 e. The molecule has 0 radical (unpaired) electrons. The number of anilines is 1. The Bertz CT molecular complexity index is 474. The Morgan fingerprint density at radius 3 is 2.40 bits per heavy atom. The van der Waals surface area contributed by atoms with Crippen molar-refractivity contribution >= 4 is 40.9 Å². The van der Waals surface area contributed by atoms with Gasteiger partial charge >= 0.3 is 12.0 Å². The number of carbonyl (C=O) groups is 2. The van der Waals surface area contributed by atoms with Gasteiger partial charge in [0.05, 0.1) is 15.7 Å². The monoisotopic (exact) mass is 318 g/mol. The van der Waals surface area contributed by atoms with Crippen molar-refractivity contribution in [3.05, 3.63) is 28.2 Å². The molecule has 1 aromatic carbocycles. The minimum atomic E-state index is -1.07. The summed E-state index contributed by atoms with van der Waals surface area (Å²) in [6.45, 7) is 1.95. The molecule has 0 aliphatic rings. The maximum atomic E-state index is 11.8. The van der Waals surface area contributed by atoms with Crippen LogP contribution in [0.15, 0.2) is 18.2 Å². The predicted octanol–water partition coefficient (Wildman–Crippen LogP) is 3.76. The Morgan fingerprint density at radius 2 is 1.90 bits per heavy atom. The fourth-order valence-electron chi connectivity index (χ4n) is 1.59. The van der Waals surface area contributed by atoms with Crippen molar-refractivity contribution in [3.63, 3.8) is 0 Å². The van der Waals surface area contributed by atoms with E-state index in [1.54, 1.807) is 18.2 Å². The number of nitrogens with one attached hydrogen (secondary N) is 2. The molecule has 1 atom stereocenters. The van der Waals surface area contributed by atoms with Gasteiger partial charge in [0.1, 0.15) is 6.04 Å². The fourth-order valence-corrected chi connectivity index (χ4v) is 2.08. The van der Waals surface area contributed by atoms with Gasteiger partial charge in [-0.05, 0) is 18.6 Å². The second kappa shape index (κ2) is 7.97. The average molecular weight is 319 g/mol. The summed E-state index contributed by atoms with van der Waals surface area (Å²) in [6, 6.07) is 3.22. The quantitative estimate of drug-likeness (QED) is 0.747. The highest BCUT2D eigenvalue weighted by Gasteiger charge is 2.20. The smallest absolute Gasteiger partial charge is 0.326 e. The molecule has 110 valence electrons. The third-order valence-electron chi connectivity index (χ3n) is 2.65. The number of amides is 2. The van der Waals surface area contributed by atoms with Crippen LogP contribution in [0.2, 0.25) is 10.0 Å². The van der Waals surface area contributed by atoms with Gasteiger partial charge in [0.15, 0.2) is 0 Å². The van der Waals surface area contributed by atoms with Crippen LogP contribution in [0.25, 0.3) is 0 Å². The lowest BCUT2D eigenvalue weighted by atomic mass is 10.1. The summed E-state index contributed by atoms with van der Waals surface area (Å²) in [5.74, 6) is -1.07. The van der Waals surface area contributed by atoms with Crippen LogP contribution < -0.4 is 10.6 Å². The molecule has 0 unspecified atom stereocenters. The third-order valence-corrected chi connectivity index (χ3v) is 3.28. The summed E-state index contributed by atoms with van der Waals surface area (Å²) < 4.78 is 0. The zero-order valence-electron chi connectivity index (χ0n) is 11.0. The van der Waals surface area contributed by atoms with E-state index in [0.29, 0.717) is 12.8 Å². The van der Waals surface area contributed by atoms with Crippen LogP contribution in [0.3, 0.4) is 0 Å². The first-order valence-electron chi connectivity index (χ1n) is 6.20. The molecule has 7 heteroatoms. The van der Waals surface area contributed by atoms with E-state index in [-0.39, 0.29) is 15.7 Å². The second-order valence-corrected chi connectivity index (χ2v) is 5.04. The van der Waals surface area contributed by atoms with E-state index < -0.39 is 18.0 Å². The largest absolute Gasteiger partial charge is 0.480 e. The number of rotatable bonds is 6. The van der Waals surface area contributed by atoms with Gasteiger partial charge in [0.25, 0.3) is 0 Å². The molecule has 0 fully saturated rings.